The van der Waals surface area contributed by atoms with Crippen LogP contribution in [0.15, 0.2) is 18.3 Å². The third-order valence-electron chi connectivity index (χ3n) is 2.54. The normalized spacial score (nSPS) is 16.5. The molecule has 0 N–H and O–H groups in total. The Bertz CT molecular complexity index is 321. The van der Waals surface area contributed by atoms with Crippen molar-refractivity contribution in [3.8, 4) is 0 Å². The molecule has 2 heterocycles. The fourth-order valence-corrected chi connectivity index (χ4v) is 1.78. The van der Waals surface area contributed by atoms with E-state index in [0.717, 1.165) is 32.1 Å². The van der Waals surface area contributed by atoms with Crippen molar-refractivity contribution in [3.63, 3.8) is 0 Å². The van der Waals surface area contributed by atoms with Crippen LogP contribution in [0.4, 0.5) is 11.5 Å². The molecule has 0 saturated carbocycles. The highest BCUT2D eigenvalue weighted by molar-refractivity contribution is 5.66. The molecule has 0 spiro atoms. The number of morpholine rings is 1. The van der Waals surface area contributed by atoms with Crippen LogP contribution in [-0.4, -0.2) is 45.4 Å². The molecule has 2 rings (SSSR count). The molecule has 1 aliphatic heterocycles. The lowest BCUT2D eigenvalue weighted by Crippen LogP contribution is -2.37. The zero-order valence-corrected chi connectivity index (χ0v) is 9.31. The summed E-state index contributed by atoms with van der Waals surface area (Å²) in [5, 5.41) is 0. The van der Waals surface area contributed by atoms with Crippen LogP contribution in [0, 0.1) is 0 Å². The predicted molar refractivity (Wildman–Crippen MR) is 61.6 cm³/mol. The van der Waals surface area contributed by atoms with Crippen LogP contribution in [0.3, 0.4) is 0 Å². The first kappa shape index (κ1) is 10.2. The highest BCUT2D eigenvalue weighted by Crippen LogP contribution is 2.25. The number of anilines is 2. The molecule has 0 atom stereocenters. The van der Waals surface area contributed by atoms with Gasteiger partial charge in [0.1, 0.15) is 0 Å². The molecule has 15 heavy (non-hydrogen) atoms. The van der Waals surface area contributed by atoms with Gasteiger partial charge in [0, 0.05) is 33.4 Å². The Morgan fingerprint density at radius 1 is 1.33 bits per heavy atom. The molecule has 1 aromatic rings. The third-order valence-corrected chi connectivity index (χ3v) is 2.54. The average molecular weight is 207 g/mol. The Balaban J connectivity index is 2.25. The predicted octanol–water partition coefficient (Wildman–Crippen LogP) is 0.984. The Kier molecular flexibility index (Phi) is 3.06. The van der Waals surface area contributed by atoms with Crippen LogP contribution in [-0.2, 0) is 4.74 Å². The van der Waals surface area contributed by atoms with Gasteiger partial charge < -0.3 is 14.5 Å². The topological polar surface area (TPSA) is 28.6 Å². The fourth-order valence-electron chi connectivity index (χ4n) is 1.78. The lowest BCUT2D eigenvalue weighted by molar-refractivity contribution is 0.122. The van der Waals surface area contributed by atoms with E-state index in [9.17, 15) is 0 Å². The SMILES string of the molecule is CN(C)c1ncccc1N1CCOCC1. The van der Waals surface area contributed by atoms with Crippen molar-refractivity contribution in [1.82, 2.24) is 4.98 Å². The maximum Gasteiger partial charge on any atom is 0.151 e. The molecular formula is C11H17N3O. The first-order valence-electron chi connectivity index (χ1n) is 5.24. The molecule has 0 aliphatic carbocycles. The summed E-state index contributed by atoms with van der Waals surface area (Å²) >= 11 is 0. The quantitative estimate of drug-likeness (QED) is 0.723. The van der Waals surface area contributed by atoms with E-state index in [0.29, 0.717) is 0 Å². The van der Waals surface area contributed by atoms with Crippen LogP contribution < -0.4 is 9.80 Å². The highest BCUT2D eigenvalue weighted by Gasteiger charge is 2.15. The van der Waals surface area contributed by atoms with Gasteiger partial charge in [0.2, 0.25) is 0 Å². The summed E-state index contributed by atoms with van der Waals surface area (Å²) in [7, 11) is 4.04. The number of hydrogen-bond acceptors (Lipinski definition) is 4. The number of rotatable bonds is 2. The van der Waals surface area contributed by atoms with E-state index in [1.54, 1.807) is 0 Å². The molecule has 1 saturated heterocycles. The first-order chi connectivity index (χ1) is 7.29. The smallest absolute Gasteiger partial charge is 0.151 e. The number of aromatic nitrogens is 1. The van der Waals surface area contributed by atoms with Crippen LogP contribution in [0.2, 0.25) is 0 Å². The summed E-state index contributed by atoms with van der Waals surface area (Å²) in [6.07, 6.45) is 1.83. The van der Waals surface area contributed by atoms with E-state index in [1.807, 2.05) is 31.3 Å². The van der Waals surface area contributed by atoms with Gasteiger partial charge in [-0.25, -0.2) is 4.98 Å². The van der Waals surface area contributed by atoms with Gasteiger partial charge in [0.25, 0.3) is 0 Å². The second-order valence-corrected chi connectivity index (χ2v) is 3.84. The van der Waals surface area contributed by atoms with Crippen molar-refractivity contribution in [2.75, 3.05) is 50.2 Å². The minimum atomic E-state index is 0.807. The summed E-state index contributed by atoms with van der Waals surface area (Å²) in [4.78, 5) is 8.77. The van der Waals surface area contributed by atoms with Crippen molar-refractivity contribution >= 4 is 11.5 Å². The largest absolute Gasteiger partial charge is 0.378 e. The Morgan fingerprint density at radius 2 is 2.07 bits per heavy atom. The highest BCUT2D eigenvalue weighted by atomic mass is 16.5. The molecule has 82 valence electrons. The van der Waals surface area contributed by atoms with E-state index in [-0.39, 0.29) is 0 Å². The zero-order valence-electron chi connectivity index (χ0n) is 9.31. The fraction of sp³-hybridized carbons (Fsp3) is 0.545. The van der Waals surface area contributed by atoms with E-state index >= 15 is 0 Å². The summed E-state index contributed by atoms with van der Waals surface area (Å²) in [5.74, 6) is 1.03. The number of ether oxygens (including phenoxy) is 1. The Morgan fingerprint density at radius 3 is 2.73 bits per heavy atom. The number of hydrogen-bond donors (Lipinski definition) is 0. The molecule has 4 heteroatoms. The molecule has 4 nitrogen and oxygen atoms in total. The van der Waals surface area contributed by atoms with Gasteiger partial charge in [-0.3, -0.25) is 0 Å². The van der Waals surface area contributed by atoms with Gasteiger partial charge in [-0.1, -0.05) is 0 Å². The summed E-state index contributed by atoms with van der Waals surface area (Å²) in [6.45, 7) is 3.52. The van der Waals surface area contributed by atoms with Crippen molar-refractivity contribution < 1.29 is 4.74 Å². The molecule has 1 aliphatic rings. The van der Waals surface area contributed by atoms with Crippen molar-refractivity contribution in [2.24, 2.45) is 0 Å². The second kappa shape index (κ2) is 4.49. The molecule has 0 bridgehead atoms. The van der Waals surface area contributed by atoms with E-state index in [1.165, 1.54) is 5.69 Å². The minimum Gasteiger partial charge on any atom is -0.378 e. The maximum absolute atomic E-state index is 5.35. The Hall–Kier alpha value is -1.29. The van der Waals surface area contributed by atoms with Gasteiger partial charge in [-0.05, 0) is 12.1 Å². The Labute approximate surface area is 90.5 Å². The lowest BCUT2D eigenvalue weighted by atomic mass is 10.3. The molecular weight excluding hydrogens is 190 g/mol. The number of pyridine rings is 1. The molecule has 0 amide bonds. The lowest BCUT2D eigenvalue weighted by Gasteiger charge is -2.31. The molecule has 0 aromatic carbocycles. The third kappa shape index (κ3) is 2.21. The van der Waals surface area contributed by atoms with Crippen molar-refractivity contribution in [1.29, 1.82) is 0 Å². The van der Waals surface area contributed by atoms with Crippen molar-refractivity contribution in [3.05, 3.63) is 18.3 Å². The average Bonchev–Trinajstić information content (AvgIpc) is 2.30. The van der Waals surface area contributed by atoms with E-state index < -0.39 is 0 Å². The zero-order chi connectivity index (χ0) is 10.7. The molecule has 1 aromatic heterocycles. The number of nitrogens with zero attached hydrogens (tertiary/aromatic N) is 3. The molecule has 1 fully saturated rings. The van der Waals surface area contributed by atoms with Gasteiger partial charge in [-0.2, -0.15) is 0 Å². The van der Waals surface area contributed by atoms with Gasteiger partial charge in [0.15, 0.2) is 5.82 Å². The van der Waals surface area contributed by atoms with Crippen LogP contribution >= 0.6 is 0 Å². The maximum atomic E-state index is 5.35. The van der Waals surface area contributed by atoms with E-state index in [2.05, 4.69) is 16.0 Å². The summed E-state index contributed by atoms with van der Waals surface area (Å²) in [5.41, 5.74) is 1.20. The second-order valence-electron chi connectivity index (χ2n) is 3.84. The standard InChI is InChI=1S/C11H17N3O/c1-13(2)11-10(4-3-5-12-11)14-6-8-15-9-7-14/h3-5H,6-9H2,1-2H3. The van der Waals surface area contributed by atoms with Gasteiger partial charge in [-0.15, -0.1) is 0 Å². The first-order valence-corrected chi connectivity index (χ1v) is 5.24. The van der Waals surface area contributed by atoms with Gasteiger partial charge in [0.05, 0.1) is 18.9 Å². The minimum absolute atomic E-state index is 0.807. The van der Waals surface area contributed by atoms with Crippen LogP contribution in [0.1, 0.15) is 0 Å². The summed E-state index contributed by atoms with van der Waals surface area (Å²) < 4.78 is 5.35. The summed E-state index contributed by atoms with van der Waals surface area (Å²) in [6, 6.07) is 4.10. The van der Waals surface area contributed by atoms with E-state index in [4.69, 9.17) is 4.74 Å². The van der Waals surface area contributed by atoms with Gasteiger partial charge >= 0.3 is 0 Å². The van der Waals surface area contributed by atoms with Crippen molar-refractivity contribution in [2.45, 2.75) is 0 Å². The molecule has 0 unspecified atom stereocenters. The van der Waals surface area contributed by atoms with Crippen LogP contribution in [0.25, 0.3) is 0 Å². The monoisotopic (exact) mass is 207 g/mol. The van der Waals surface area contributed by atoms with Crippen LogP contribution in [0.5, 0.6) is 0 Å². The molecule has 0 radical (unpaired) electrons.